The van der Waals surface area contributed by atoms with E-state index in [1.54, 1.807) is 32.4 Å². The number of hydrogen-bond acceptors (Lipinski definition) is 3. The first-order valence-corrected chi connectivity index (χ1v) is 6.08. The van der Waals surface area contributed by atoms with E-state index in [4.69, 9.17) is 18.0 Å². The number of carbonyl (C=O) groups is 1. The van der Waals surface area contributed by atoms with Crippen molar-refractivity contribution in [2.75, 3.05) is 11.9 Å². The number of thiocarbonyl (C=S) groups is 1. The predicted octanol–water partition coefficient (Wildman–Crippen LogP) is 1.33. The van der Waals surface area contributed by atoms with E-state index in [-0.39, 0.29) is 10.9 Å². The van der Waals surface area contributed by atoms with Crippen LogP contribution in [0.2, 0.25) is 0 Å². The molecule has 0 atom stereocenters. The van der Waals surface area contributed by atoms with Crippen LogP contribution in [0.5, 0.6) is 0 Å². The van der Waals surface area contributed by atoms with Crippen LogP contribution >= 0.6 is 12.2 Å². The van der Waals surface area contributed by atoms with Gasteiger partial charge in [-0.1, -0.05) is 24.4 Å². The number of anilines is 1. The van der Waals surface area contributed by atoms with Crippen LogP contribution in [0, 0.1) is 0 Å². The summed E-state index contributed by atoms with van der Waals surface area (Å²) in [4.78, 5) is 14.2. The van der Waals surface area contributed by atoms with Crippen LogP contribution in [-0.4, -0.2) is 27.7 Å². The Labute approximate surface area is 116 Å². The zero-order valence-corrected chi connectivity index (χ0v) is 11.5. The molecule has 98 valence electrons. The van der Waals surface area contributed by atoms with Crippen LogP contribution in [0.25, 0.3) is 0 Å². The molecule has 1 amide bonds. The molecule has 1 aromatic heterocycles. The van der Waals surface area contributed by atoms with Crippen molar-refractivity contribution < 1.29 is 4.79 Å². The van der Waals surface area contributed by atoms with Gasteiger partial charge in [-0.2, -0.15) is 5.10 Å². The summed E-state index contributed by atoms with van der Waals surface area (Å²) < 4.78 is 1.53. The highest BCUT2D eigenvalue weighted by Crippen LogP contribution is 2.20. The average molecular weight is 274 g/mol. The molecule has 2 aromatic rings. The number of nitrogens with zero attached hydrogens (tertiary/aromatic N) is 3. The van der Waals surface area contributed by atoms with Gasteiger partial charge in [0.05, 0.1) is 5.69 Å². The van der Waals surface area contributed by atoms with Crippen LogP contribution in [0.3, 0.4) is 0 Å². The van der Waals surface area contributed by atoms with Crippen LogP contribution in [0.15, 0.2) is 36.5 Å². The molecular weight excluding hydrogens is 260 g/mol. The van der Waals surface area contributed by atoms with E-state index in [9.17, 15) is 4.79 Å². The molecule has 0 bridgehead atoms. The van der Waals surface area contributed by atoms with E-state index in [2.05, 4.69) is 5.10 Å². The summed E-state index contributed by atoms with van der Waals surface area (Å²) in [5.74, 6) is -0.163. The van der Waals surface area contributed by atoms with E-state index in [1.165, 1.54) is 9.58 Å². The lowest BCUT2D eigenvalue weighted by Gasteiger charge is -2.20. The van der Waals surface area contributed by atoms with Gasteiger partial charge in [0.15, 0.2) is 0 Å². The minimum Gasteiger partial charge on any atom is -0.389 e. The first-order chi connectivity index (χ1) is 9.02. The normalized spacial score (nSPS) is 10.2. The Morgan fingerprint density at radius 2 is 2.05 bits per heavy atom. The largest absolute Gasteiger partial charge is 0.389 e. The van der Waals surface area contributed by atoms with Crippen molar-refractivity contribution in [1.29, 1.82) is 0 Å². The molecule has 1 aromatic carbocycles. The molecule has 0 aliphatic heterocycles. The average Bonchev–Trinajstić information content (AvgIpc) is 2.83. The predicted molar refractivity (Wildman–Crippen MR) is 78.3 cm³/mol. The third-order valence-electron chi connectivity index (χ3n) is 2.88. The van der Waals surface area contributed by atoms with Gasteiger partial charge in [-0.3, -0.25) is 9.48 Å². The fraction of sp³-hybridized carbons (Fsp3) is 0.154. The Balaban J connectivity index is 2.40. The third kappa shape index (κ3) is 2.48. The van der Waals surface area contributed by atoms with Gasteiger partial charge in [0.1, 0.15) is 10.7 Å². The Bertz CT molecular complexity index is 635. The number of nitrogens with two attached hydrogens (primary N) is 1. The summed E-state index contributed by atoms with van der Waals surface area (Å²) in [7, 11) is 3.41. The van der Waals surface area contributed by atoms with Gasteiger partial charge in [0.2, 0.25) is 0 Å². The summed E-state index contributed by atoms with van der Waals surface area (Å²) in [6.07, 6.45) is 1.58. The zero-order valence-electron chi connectivity index (χ0n) is 10.7. The maximum Gasteiger partial charge on any atom is 0.276 e. The molecule has 0 aliphatic rings. The van der Waals surface area contributed by atoms with E-state index in [1.807, 2.05) is 18.2 Å². The minimum absolute atomic E-state index is 0.163. The second-order valence-corrected chi connectivity index (χ2v) is 4.53. The molecule has 5 nitrogen and oxygen atoms in total. The fourth-order valence-electron chi connectivity index (χ4n) is 1.84. The Kier molecular flexibility index (Phi) is 3.62. The summed E-state index contributed by atoms with van der Waals surface area (Å²) in [6, 6.07) is 8.94. The van der Waals surface area contributed by atoms with Gasteiger partial charge in [0.25, 0.3) is 5.91 Å². The maximum atomic E-state index is 12.4. The molecule has 19 heavy (non-hydrogen) atoms. The molecule has 0 unspecified atom stereocenters. The Morgan fingerprint density at radius 1 is 1.37 bits per heavy atom. The smallest absolute Gasteiger partial charge is 0.276 e. The SMILES string of the molecule is CN(C(=O)c1ccnn1C)c1ccccc1C(N)=S. The van der Waals surface area contributed by atoms with Crippen LogP contribution in [-0.2, 0) is 7.05 Å². The molecule has 2 N–H and O–H groups in total. The summed E-state index contributed by atoms with van der Waals surface area (Å²) >= 11 is 5.00. The van der Waals surface area contributed by atoms with Crippen molar-refractivity contribution in [2.24, 2.45) is 12.8 Å². The van der Waals surface area contributed by atoms with Crippen molar-refractivity contribution in [1.82, 2.24) is 9.78 Å². The van der Waals surface area contributed by atoms with Crippen LogP contribution < -0.4 is 10.6 Å². The van der Waals surface area contributed by atoms with Gasteiger partial charge in [-0.15, -0.1) is 0 Å². The fourth-order valence-corrected chi connectivity index (χ4v) is 2.01. The first kappa shape index (κ1) is 13.2. The van der Waals surface area contributed by atoms with E-state index in [0.717, 1.165) is 0 Å². The van der Waals surface area contributed by atoms with Crippen molar-refractivity contribution in [3.8, 4) is 0 Å². The quantitative estimate of drug-likeness (QED) is 0.858. The van der Waals surface area contributed by atoms with Crippen molar-refractivity contribution >= 4 is 28.8 Å². The number of amides is 1. The van der Waals surface area contributed by atoms with E-state index in [0.29, 0.717) is 16.9 Å². The molecule has 0 saturated heterocycles. The molecule has 0 radical (unpaired) electrons. The molecule has 1 heterocycles. The number of benzene rings is 1. The lowest BCUT2D eigenvalue weighted by atomic mass is 10.1. The van der Waals surface area contributed by atoms with Gasteiger partial charge >= 0.3 is 0 Å². The van der Waals surface area contributed by atoms with Crippen LogP contribution in [0.4, 0.5) is 5.69 Å². The number of aromatic nitrogens is 2. The highest BCUT2D eigenvalue weighted by Gasteiger charge is 2.19. The molecule has 2 rings (SSSR count). The molecular formula is C13H14N4OS. The van der Waals surface area contributed by atoms with E-state index < -0.39 is 0 Å². The number of carbonyl (C=O) groups excluding carboxylic acids is 1. The minimum atomic E-state index is -0.163. The summed E-state index contributed by atoms with van der Waals surface area (Å²) in [5.41, 5.74) is 7.54. The number of para-hydroxylation sites is 1. The maximum absolute atomic E-state index is 12.4. The zero-order chi connectivity index (χ0) is 14.0. The lowest BCUT2D eigenvalue weighted by Crippen LogP contribution is -2.30. The Hall–Kier alpha value is -2.21. The number of hydrogen-bond donors (Lipinski definition) is 1. The van der Waals surface area contributed by atoms with Crippen molar-refractivity contribution in [3.05, 3.63) is 47.8 Å². The number of aryl methyl sites for hydroxylation is 1. The second kappa shape index (κ2) is 5.19. The highest BCUT2D eigenvalue weighted by molar-refractivity contribution is 7.80. The second-order valence-electron chi connectivity index (χ2n) is 4.09. The lowest BCUT2D eigenvalue weighted by molar-refractivity contribution is 0.0984. The van der Waals surface area contributed by atoms with E-state index >= 15 is 0 Å². The monoisotopic (exact) mass is 274 g/mol. The number of rotatable bonds is 3. The van der Waals surface area contributed by atoms with Gasteiger partial charge in [-0.05, 0) is 18.2 Å². The molecule has 0 fully saturated rings. The summed E-state index contributed by atoms with van der Waals surface area (Å²) in [5, 5.41) is 3.99. The highest BCUT2D eigenvalue weighted by atomic mass is 32.1. The third-order valence-corrected chi connectivity index (χ3v) is 3.10. The first-order valence-electron chi connectivity index (χ1n) is 5.67. The molecule has 6 heteroatoms. The molecule has 0 saturated carbocycles. The standard InChI is InChI=1S/C13H14N4OS/c1-16(13(18)11-7-8-15-17(11)2)10-6-4-3-5-9(10)12(14)19/h3-8H,1-2H3,(H2,14,19). The summed E-state index contributed by atoms with van der Waals surface area (Å²) in [6.45, 7) is 0. The molecule has 0 aliphatic carbocycles. The topological polar surface area (TPSA) is 64.2 Å². The van der Waals surface area contributed by atoms with Gasteiger partial charge in [-0.25, -0.2) is 0 Å². The molecule has 0 spiro atoms. The Morgan fingerprint density at radius 3 is 2.63 bits per heavy atom. The van der Waals surface area contributed by atoms with Crippen molar-refractivity contribution in [2.45, 2.75) is 0 Å². The van der Waals surface area contributed by atoms with Crippen LogP contribution in [0.1, 0.15) is 16.1 Å². The van der Waals surface area contributed by atoms with Gasteiger partial charge < -0.3 is 10.6 Å². The van der Waals surface area contributed by atoms with Crippen molar-refractivity contribution in [3.63, 3.8) is 0 Å². The van der Waals surface area contributed by atoms with Gasteiger partial charge in [0, 0.05) is 25.9 Å².